The summed E-state index contributed by atoms with van der Waals surface area (Å²) in [6, 6.07) is 0.333. The second kappa shape index (κ2) is 5.52. The molecule has 0 fully saturated rings. The number of hydrogen-bond acceptors (Lipinski definition) is 2. The van der Waals surface area contributed by atoms with Crippen molar-refractivity contribution < 1.29 is 4.74 Å². The minimum atomic E-state index is 0.255. The summed E-state index contributed by atoms with van der Waals surface area (Å²) in [6.45, 7) is 8.78. The van der Waals surface area contributed by atoms with E-state index < -0.39 is 0 Å². The van der Waals surface area contributed by atoms with Crippen LogP contribution in [0.2, 0.25) is 5.02 Å². The topological polar surface area (TPSA) is 27.1 Å². The van der Waals surface area contributed by atoms with Gasteiger partial charge < -0.3 is 4.74 Å². The molecule has 0 aliphatic rings. The van der Waals surface area contributed by atoms with Crippen molar-refractivity contribution in [2.24, 2.45) is 0 Å². The number of halogens is 1. The SMILES string of the molecule is CC[C@H](C)OCc1nn(C(C)C)cc1Cl. The van der Waals surface area contributed by atoms with E-state index in [1.165, 1.54) is 0 Å². The normalized spacial score (nSPS) is 13.5. The zero-order valence-electron chi connectivity index (χ0n) is 9.83. The van der Waals surface area contributed by atoms with Gasteiger partial charge in [0.15, 0.2) is 0 Å². The first kappa shape index (κ1) is 12.5. The molecular weight excluding hydrogens is 212 g/mol. The van der Waals surface area contributed by atoms with Crippen LogP contribution < -0.4 is 0 Å². The molecule has 0 saturated heterocycles. The number of rotatable bonds is 5. The molecular formula is C11H19ClN2O. The fraction of sp³-hybridized carbons (Fsp3) is 0.727. The largest absolute Gasteiger partial charge is 0.372 e. The zero-order valence-corrected chi connectivity index (χ0v) is 10.6. The van der Waals surface area contributed by atoms with Gasteiger partial charge in [0.2, 0.25) is 0 Å². The Morgan fingerprint density at radius 2 is 2.13 bits per heavy atom. The molecule has 3 nitrogen and oxygen atoms in total. The molecule has 1 atom stereocenters. The Labute approximate surface area is 96.4 Å². The Morgan fingerprint density at radius 3 is 2.60 bits per heavy atom. The number of hydrogen-bond donors (Lipinski definition) is 0. The van der Waals surface area contributed by atoms with Crippen molar-refractivity contribution in [3.05, 3.63) is 16.9 Å². The Morgan fingerprint density at radius 1 is 1.47 bits per heavy atom. The fourth-order valence-corrected chi connectivity index (χ4v) is 1.30. The highest BCUT2D eigenvalue weighted by atomic mass is 35.5. The van der Waals surface area contributed by atoms with Crippen LogP contribution in [-0.4, -0.2) is 15.9 Å². The van der Waals surface area contributed by atoms with Crippen LogP contribution in [-0.2, 0) is 11.3 Å². The summed E-state index contributed by atoms with van der Waals surface area (Å²) in [5.41, 5.74) is 0.825. The van der Waals surface area contributed by atoms with Gasteiger partial charge in [0.05, 0.1) is 17.7 Å². The minimum Gasteiger partial charge on any atom is -0.372 e. The second-order valence-electron chi connectivity index (χ2n) is 4.03. The summed E-state index contributed by atoms with van der Waals surface area (Å²) in [6.07, 6.45) is 3.11. The van der Waals surface area contributed by atoms with Crippen LogP contribution >= 0.6 is 11.6 Å². The fourth-order valence-electron chi connectivity index (χ4n) is 1.11. The zero-order chi connectivity index (χ0) is 11.4. The Kier molecular flexibility index (Phi) is 4.61. The molecule has 0 aliphatic carbocycles. The van der Waals surface area contributed by atoms with Crippen LogP contribution in [0.25, 0.3) is 0 Å². The van der Waals surface area contributed by atoms with E-state index in [4.69, 9.17) is 16.3 Å². The maximum absolute atomic E-state index is 6.05. The van der Waals surface area contributed by atoms with E-state index in [1.807, 2.05) is 17.8 Å². The Bertz CT molecular complexity index is 310. The summed E-state index contributed by atoms with van der Waals surface area (Å²) in [5, 5.41) is 5.06. The van der Waals surface area contributed by atoms with Gasteiger partial charge in [0.25, 0.3) is 0 Å². The van der Waals surface area contributed by atoms with Crippen molar-refractivity contribution in [3.63, 3.8) is 0 Å². The molecule has 0 bridgehead atoms. The van der Waals surface area contributed by atoms with E-state index >= 15 is 0 Å². The monoisotopic (exact) mass is 230 g/mol. The van der Waals surface area contributed by atoms with Gasteiger partial charge in [0.1, 0.15) is 5.69 Å². The average molecular weight is 231 g/mol. The van der Waals surface area contributed by atoms with Crippen molar-refractivity contribution in [1.82, 2.24) is 9.78 Å². The molecule has 4 heteroatoms. The Hall–Kier alpha value is -0.540. The molecule has 86 valence electrons. The maximum atomic E-state index is 6.05. The van der Waals surface area contributed by atoms with Gasteiger partial charge in [-0.3, -0.25) is 4.68 Å². The highest BCUT2D eigenvalue weighted by Gasteiger charge is 2.10. The molecule has 0 amide bonds. The summed E-state index contributed by atoms with van der Waals surface area (Å²) in [5.74, 6) is 0. The van der Waals surface area contributed by atoms with Crippen LogP contribution in [0.5, 0.6) is 0 Å². The van der Waals surface area contributed by atoms with E-state index in [2.05, 4.69) is 25.9 Å². The molecule has 0 radical (unpaired) electrons. The smallest absolute Gasteiger partial charge is 0.107 e. The molecule has 15 heavy (non-hydrogen) atoms. The second-order valence-corrected chi connectivity index (χ2v) is 4.43. The summed E-state index contributed by atoms with van der Waals surface area (Å²) < 4.78 is 7.45. The van der Waals surface area contributed by atoms with Gasteiger partial charge in [-0.05, 0) is 27.2 Å². The van der Waals surface area contributed by atoms with Crippen LogP contribution in [0.15, 0.2) is 6.20 Å². The third kappa shape index (κ3) is 3.50. The van der Waals surface area contributed by atoms with Crippen molar-refractivity contribution in [3.8, 4) is 0 Å². The highest BCUT2D eigenvalue weighted by molar-refractivity contribution is 6.31. The lowest BCUT2D eigenvalue weighted by molar-refractivity contribution is 0.0485. The van der Waals surface area contributed by atoms with Crippen molar-refractivity contribution >= 4 is 11.6 Å². The van der Waals surface area contributed by atoms with Gasteiger partial charge in [0, 0.05) is 12.2 Å². The molecule has 1 aromatic heterocycles. The minimum absolute atomic E-state index is 0.255. The van der Waals surface area contributed by atoms with Crippen molar-refractivity contribution in [2.75, 3.05) is 0 Å². The van der Waals surface area contributed by atoms with Gasteiger partial charge in [-0.2, -0.15) is 5.10 Å². The molecule has 1 rings (SSSR count). The summed E-state index contributed by atoms with van der Waals surface area (Å²) >= 11 is 6.05. The lowest BCUT2D eigenvalue weighted by Gasteiger charge is -2.09. The number of nitrogens with zero attached hydrogens (tertiary/aromatic N) is 2. The van der Waals surface area contributed by atoms with E-state index in [1.54, 1.807) is 0 Å². The van der Waals surface area contributed by atoms with Crippen LogP contribution in [0, 0.1) is 0 Å². The molecule has 1 aromatic rings. The van der Waals surface area contributed by atoms with Crippen LogP contribution in [0.1, 0.15) is 45.9 Å². The summed E-state index contributed by atoms with van der Waals surface area (Å²) in [4.78, 5) is 0. The average Bonchev–Trinajstić information content (AvgIpc) is 2.56. The lowest BCUT2D eigenvalue weighted by Crippen LogP contribution is -2.07. The van der Waals surface area contributed by atoms with Crippen molar-refractivity contribution in [1.29, 1.82) is 0 Å². The third-order valence-corrected chi connectivity index (χ3v) is 2.68. The van der Waals surface area contributed by atoms with Gasteiger partial charge in [-0.15, -0.1) is 0 Å². The molecule has 0 aromatic carbocycles. The van der Waals surface area contributed by atoms with Gasteiger partial charge >= 0.3 is 0 Å². The quantitative estimate of drug-likeness (QED) is 0.775. The van der Waals surface area contributed by atoms with Crippen LogP contribution in [0.3, 0.4) is 0 Å². The molecule has 0 saturated carbocycles. The predicted octanol–water partition coefficient (Wildman–Crippen LogP) is 3.43. The third-order valence-electron chi connectivity index (χ3n) is 2.37. The van der Waals surface area contributed by atoms with E-state index in [0.717, 1.165) is 12.1 Å². The van der Waals surface area contributed by atoms with Gasteiger partial charge in [-0.25, -0.2) is 0 Å². The van der Waals surface area contributed by atoms with E-state index in [-0.39, 0.29) is 6.10 Å². The molecule has 0 spiro atoms. The van der Waals surface area contributed by atoms with E-state index in [9.17, 15) is 0 Å². The predicted molar refractivity (Wildman–Crippen MR) is 62.2 cm³/mol. The first-order chi connectivity index (χ1) is 7.04. The van der Waals surface area contributed by atoms with E-state index in [0.29, 0.717) is 17.7 Å². The number of ether oxygens (including phenoxy) is 1. The molecule has 0 aliphatic heterocycles. The molecule has 1 heterocycles. The lowest BCUT2D eigenvalue weighted by atomic mass is 10.3. The first-order valence-corrected chi connectivity index (χ1v) is 5.77. The maximum Gasteiger partial charge on any atom is 0.107 e. The van der Waals surface area contributed by atoms with Crippen molar-refractivity contribution in [2.45, 2.75) is 52.9 Å². The molecule has 0 unspecified atom stereocenters. The van der Waals surface area contributed by atoms with Gasteiger partial charge in [-0.1, -0.05) is 18.5 Å². The Balaban J connectivity index is 2.61. The number of aromatic nitrogens is 2. The standard InChI is InChI=1S/C11H19ClN2O/c1-5-9(4)15-7-11-10(12)6-14(13-11)8(2)3/h6,8-9H,5,7H2,1-4H3/t9-/m0/s1. The molecule has 0 N–H and O–H groups in total. The summed E-state index contributed by atoms with van der Waals surface area (Å²) in [7, 11) is 0. The first-order valence-electron chi connectivity index (χ1n) is 5.39. The highest BCUT2D eigenvalue weighted by Crippen LogP contribution is 2.18. The van der Waals surface area contributed by atoms with Crippen LogP contribution in [0.4, 0.5) is 0 Å².